The van der Waals surface area contributed by atoms with Gasteiger partial charge in [-0.1, -0.05) is 6.42 Å². The van der Waals surface area contributed by atoms with Gasteiger partial charge in [0.15, 0.2) is 0 Å². The van der Waals surface area contributed by atoms with Crippen LogP contribution >= 0.6 is 34.8 Å². The van der Waals surface area contributed by atoms with Gasteiger partial charge in [0.05, 0.1) is 16.3 Å². The molecule has 0 aliphatic rings. The fourth-order valence-corrected chi connectivity index (χ4v) is 2.27. The maximum atomic E-state index is 8.91. The number of aliphatic hydroxyl groups is 1. The number of hydrogen-bond acceptors (Lipinski definition) is 2. The van der Waals surface area contributed by atoms with E-state index >= 15 is 0 Å². The van der Waals surface area contributed by atoms with E-state index in [4.69, 9.17) is 45.2 Å². The maximum Gasteiger partial charge on any atom is 0.0663 e. The molecular weight excluding hydrogens is 256 g/mol. The van der Waals surface area contributed by atoms with E-state index in [1.165, 1.54) is 0 Å². The Kier molecular flexibility index (Phi) is 8.65. The summed E-state index contributed by atoms with van der Waals surface area (Å²) in [5.41, 5.74) is 0. The third-order valence-corrected chi connectivity index (χ3v) is 4.15. The van der Waals surface area contributed by atoms with Crippen LogP contribution in [0.2, 0.25) is 0 Å². The third kappa shape index (κ3) is 5.82. The molecule has 1 N–H and O–H groups in total. The van der Waals surface area contributed by atoms with Crippen molar-refractivity contribution in [1.29, 1.82) is 5.26 Å². The molecule has 0 radical (unpaired) electrons. The molecule has 0 aliphatic carbocycles. The molecule has 2 unspecified atom stereocenters. The van der Waals surface area contributed by atoms with Gasteiger partial charge in [0.1, 0.15) is 0 Å². The van der Waals surface area contributed by atoms with Crippen molar-refractivity contribution in [2.45, 2.75) is 42.4 Å². The highest BCUT2D eigenvalue weighted by Crippen LogP contribution is 2.34. The molecule has 0 saturated carbocycles. The second-order valence-corrected chi connectivity index (χ2v) is 5.08. The molecule has 0 aliphatic heterocycles. The van der Waals surface area contributed by atoms with Crippen LogP contribution in [0.15, 0.2) is 0 Å². The van der Waals surface area contributed by atoms with Crippen LogP contribution in [0.4, 0.5) is 0 Å². The van der Waals surface area contributed by atoms with Gasteiger partial charge >= 0.3 is 0 Å². The summed E-state index contributed by atoms with van der Waals surface area (Å²) in [6, 6.07) is 2.08. The summed E-state index contributed by atoms with van der Waals surface area (Å²) >= 11 is 18.0. The minimum Gasteiger partial charge on any atom is -0.396 e. The first-order valence-corrected chi connectivity index (χ1v) is 6.32. The van der Waals surface area contributed by atoms with Crippen molar-refractivity contribution in [3.05, 3.63) is 0 Å². The SMILES string of the molecule is N#CCCCCC(Cl)(CCO)C(Cl)CCl. The van der Waals surface area contributed by atoms with E-state index in [1.54, 1.807) is 0 Å². The Hall–Kier alpha value is 0.320. The summed E-state index contributed by atoms with van der Waals surface area (Å²) < 4.78 is 0. The van der Waals surface area contributed by atoms with Crippen molar-refractivity contribution >= 4 is 34.8 Å². The van der Waals surface area contributed by atoms with E-state index in [0.717, 1.165) is 12.8 Å². The first-order valence-electron chi connectivity index (χ1n) is 4.97. The summed E-state index contributed by atoms with van der Waals surface area (Å²) in [6.45, 7) is 0.00184. The van der Waals surface area contributed by atoms with E-state index < -0.39 is 4.87 Å². The predicted octanol–water partition coefficient (Wildman–Crippen LogP) is 3.28. The Labute approximate surface area is 106 Å². The van der Waals surface area contributed by atoms with Gasteiger partial charge in [-0.25, -0.2) is 0 Å². The van der Waals surface area contributed by atoms with E-state index in [0.29, 0.717) is 19.3 Å². The van der Waals surface area contributed by atoms with Crippen molar-refractivity contribution in [3.8, 4) is 6.07 Å². The number of halogens is 3. The van der Waals surface area contributed by atoms with Crippen molar-refractivity contribution in [1.82, 2.24) is 0 Å². The zero-order valence-electron chi connectivity index (χ0n) is 8.56. The standard InChI is InChI=1S/C10H16Cl3NO/c11-8-9(12)10(13,5-7-15)4-2-1-3-6-14/h9,15H,1-5,7-8H2. The van der Waals surface area contributed by atoms with Gasteiger partial charge in [0.25, 0.3) is 0 Å². The number of nitriles is 1. The highest BCUT2D eigenvalue weighted by Gasteiger charge is 2.34. The lowest BCUT2D eigenvalue weighted by atomic mass is 9.94. The van der Waals surface area contributed by atoms with E-state index in [-0.39, 0.29) is 17.9 Å². The molecule has 0 aromatic carbocycles. The zero-order valence-corrected chi connectivity index (χ0v) is 10.8. The molecule has 0 heterocycles. The average Bonchev–Trinajstić information content (AvgIpc) is 2.23. The van der Waals surface area contributed by atoms with Gasteiger partial charge in [-0.05, 0) is 19.3 Å². The van der Waals surface area contributed by atoms with Crippen LogP contribution in [0.1, 0.15) is 32.1 Å². The van der Waals surface area contributed by atoms with Crippen LogP contribution in [-0.2, 0) is 0 Å². The third-order valence-electron chi connectivity index (χ3n) is 2.36. The fraction of sp³-hybridized carbons (Fsp3) is 0.900. The Bertz CT molecular complexity index is 207. The average molecular weight is 273 g/mol. The monoisotopic (exact) mass is 271 g/mol. The summed E-state index contributed by atoms with van der Waals surface area (Å²) in [4.78, 5) is -0.645. The normalized spacial score (nSPS) is 16.7. The van der Waals surface area contributed by atoms with Gasteiger partial charge in [-0.2, -0.15) is 5.26 Å². The van der Waals surface area contributed by atoms with Gasteiger partial charge < -0.3 is 5.11 Å². The summed E-state index contributed by atoms with van der Waals surface area (Å²) in [5, 5.41) is 16.9. The molecule has 2 atom stereocenters. The second-order valence-electron chi connectivity index (χ2n) is 3.50. The number of alkyl halides is 3. The second kappa shape index (κ2) is 8.47. The molecule has 0 aromatic rings. The van der Waals surface area contributed by atoms with Crippen LogP contribution in [0.3, 0.4) is 0 Å². The minimum absolute atomic E-state index is 0.00184. The summed E-state index contributed by atoms with van der Waals surface area (Å²) in [7, 11) is 0. The quantitative estimate of drug-likeness (QED) is 0.544. The Morgan fingerprint density at radius 1 is 1.33 bits per heavy atom. The first kappa shape index (κ1) is 15.3. The van der Waals surface area contributed by atoms with Crippen LogP contribution in [-0.4, -0.2) is 27.8 Å². The van der Waals surface area contributed by atoms with Gasteiger partial charge in [-0.3, -0.25) is 0 Å². The van der Waals surface area contributed by atoms with E-state index in [9.17, 15) is 0 Å². The predicted molar refractivity (Wildman–Crippen MR) is 64.7 cm³/mol. The Balaban J connectivity index is 4.07. The molecule has 15 heavy (non-hydrogen) atoms. The molecule has 2 nitrogen and oxygen atoms in total. The highest BCUT2D eigenvalue weighted by molar-refractivity contribution is 6.35. The molecule has 0 saturated heterocycles. The number of unbranched alkanes of at least 4 members (excludes halogenated alkanes) is 2. The highest BCUT2D eigenvalue weighted by atomic mass is 35.5. The fourth-order valence-electron chi connectivity index (χ4n) is 1.39. The topological polar surface area (TPSA) is 44.0 Å². The van der Waals surface area contributed by atoms with E-state index in [1.807, 2.05) is 0 Å². The number of nitrogens with zero attached hydrogens (tertiary/aromatic N) is 1. The molecule has 0 fully saturated rings. The van der Waals surface area contributed by atoms with E-state index in [2.05, 4.69) is 6.07 Å². The molecular formula is C10H16Cl3NO. The molecule has 0 amide bonds. The van der Waals surface area contributed by atoms with Crippen LogP contribution in [0.25, 0.3) is 0 Å². The lowest BCUT2D eigenvalue weighted by molar-refractivity contribution is 0.259. The number of aliphatic hydroxyl groups excluding tert-OH is 1. The number of rotatable bonds is 8. The van der Waals surface area contributed by atoms with Gasteiger partial charge in [0.2, 0.25) is 0 Å². The van der Waals surface area contributed by atoms with Crippen molar-refractivity contribution < 1.29 is 5.11 Å². The number of hydrogen-bond donors (Lipinski definition) is 1. The van der Waals surface area contributed by atoms with Gasteiger partial charge in [-0.15, -0.1) is 34.8 Å². The van der Waals surface area contributed by atoms with Crippen molar-refractivity contribution in [3.63, 3.8) is 0 Å². The lowest BCUT2D eigenvalue weighted by Crippen LogP contribution is -2.35. The van der Waals surface area contributed by atoms with Crippen molar-refractivity contribution in [2.75, 3.05) is 12.5 Å². The summed E-state index contributed by atoms with van der Waals surface area (Å²) in [5.74, 6) is 0.267. The molecule has 5 heteroatoms. The summed E-state index contributed by atoms with van der Waals surface area (Å²) in [6.07, 6.45) is 3.28. The molecule has 0 spiro atoms. The Morgan fingerprint density at radius 3 is 2.47 bits per heavy atom. The van der Waals surface area contributed by atoms with Crippen LogP contribution < -0.4 is 0 Å². The minimum atomic E-state index is -0.645. The largest absolute Gasteiger partial charge is 0.396 e. The molecule has 0 bridgehead atoms. The zero-order chi connectivity index (χ0) is 11.7. The van der Waals surface area contributed by atoms with Crippen LogP contribution in [0.5, 0.6) is 0 Å². The maximum absolute atomic E-state index is 8.91. The van der Waals surface area contributed by atoms with Crippen molar-refractivity contribution in [2.24, 2.45) is 0 Å². The van der Waals surface area contributed by atoms with Crippen LogP contribution in [0, 0.1) is 11.3 Å². The molecule has 0 rings (SSSR count). The smallest absolute Gasteiger partial charge is 0.0663 e. The Morgan fingerprint density at radius 2 is 2.00 bits per heavy atom. The molecule has 0 aromatic heterocycles. The lowest BCUT2D eigenvalue weighted by Gasteiger charge is -2.30. The molecule has 88 valence electrons. The first-order chi connectivity index (χ1) is 7.10. The van der Waals surface area contributed by atoms with Gasteiger partial charge in [0, 0.05) is 18.9 Å².